The van der Waals surface area contributed by atoms with E-state index in [9.17, 15) is 9.59 Å². The van der Waals surface area contributed by atoms with Gasteiger partial charge in [-0.3, -0.25) is 9.59 Å². The van der Waals surface area contributed by atoms with E-state index in [4.69, 9.17) is 14.0 Å². The molecule has 2 amide bonds. The predicted molar refractivity (Wildman–Crippen MR) is 135 cm³/mol. The Kier molecular flexibility index (Phi) is 8.20. The topological polar surface area (TPSA) is 107 Å². The van der Waals surface area contributed by atoms with Crippen molar-refractivity contribution in [2.24, 2.45) is 0 Å². The monoisotopic (exact) mass is 492 g/mol. The van der Waals surface area contributed by atoms with Crippen LogP contribution >= 0.6 is 0 Å². The van der Waals surface area contributed by atoms with E-state index in [0.29, 0.717) is 67.2 Å². The summed E-state index contributed by atoms with van der Waals surface area (Å²) in [5.74, 6) is 2.26. The highest BCUT2D eigenvalue weighted by molar-refractivity contribution is 5.95. The fourth-order valence-corrected chi connectivity index (χ4v) is 4.20. The molecule has 1 N–H and O–H groups in total. The number of nitrogens with zero attached hydrogens (tertiary/aromatic N) is 3. The highest BCUT2D eigenvalue weighted by atomic mass is 16.5. The van der Waals surface area contributed by atoms with Gasteiger partial charge in [0.2, 0.25) is 17.6 Å². The van der Waals surface area contributed by atoms with Gasteiger partial charge in [-0.25, -0.2) is 0 Å². The summed E-state index contributed by atoms with van der Waals surface area (Å²) in [4.78, 5) is 31.3. The minimum atomic E-state index is -0.0541. The van der Waals surface area contributed by atoms with E-state index in [1.54, 1.807) is 25.1 Å². The van der Waals surface area contributed by atoms with Crippen molar-refractivity contribution in [1.29, 1.82) is 0 Å². The zero-order chi connectivity index (χ0) is 25.5. The highest BCUT2D eigenvalue weighted by Crippen LogP contribution is 2.32. The maximum Gasteiger partial charge on any atom is 0.253 e. The molecule has 0 saturated carbocycles. The number of anilines is 1. The summed E-state index contributed by atoms with van der Waals surface area (Å²) in [6, 6.07) is 12.7. The third-order valence-corrected chi connectivity index (χ3v) is 6.09. The molecule has 1 fully saturated rings. The van der Waals surface area contributed by atoms with Crippen LogP contribution < -0.4 is 14.8 Å². The number of carbonyl (C=O) groups excluding carboxylic acids is 2. The molecular formula is C27H32N4O5. The standard InChI is InChI=1S/C27H32N4O5/c1-4-24(32)28-21-9-7-8-19(16-21)25-29-26(36-30-25)18-12-14-31(15-13-18)27(33)20-10-11-22(34-5-2)23(17-20)35-6-3/h7-11,16-18H,4-6,12-15H2,1-3H3,(H,28,32). The molecule has 0 bridgehead atoms. The summed E-state index contributed by atoms with van der Waals surface area (Å²) >= 11 is 0. The van der Waals surface area contributed by atoms with E-state index in [1.165, 1.54) is 0 Å². The Morgan fingerprint density at radius 2 is 1.78 bits per heavy atom. The summed E-state index contributed by atoms with van der Waals surface area (Å²) in [6.07, 6.45) is 1.87. The lowest BCUT2D eigenvalue weighted by molar-refractivity contribution is -0.115. The maximum atomic E-state index is 13.1. The lowest BCUT2D eigenvalue weighted by Gasteiger charge is -2.30. The molecule has 1 aliphatic heterocycles. The van der Waals surface area contributed by atoms with Crippen LogP contribution in [0.1, 0.15) is 62.2 Å². The van der Waals surface area contributed by atoms with E-state index in [2.05, 4.69) is 15.5 Å². The number of nitrogens with one attached hydrogen (secondary N) is 1. The molecule has 0 spiro atoms. The number of rotatable bonds is 9. The molecule has 0 unspecified atom stereocenters. The first kappa shape index (κ1) is 25.2. The van der Waals surface area contributed by atoms with Gasteiger partial charge in [-0.05, 0) is 57.0 Å². The van der Waals surface area contributed by atoms with E-state index < -0.39 is 0 Å². The van der Waals surface area contributed by atoms with Gasteiger partial charge in [0.15, 0.2) is 11.5 Å². The molecule has 1 aliphatic rings. The minimum Gasteiger partial charge on any atom is -0.490 e. The van der Waals surface area contributed by atoms with Crippen LogP contribution in [0, 0.1) is 0 Å². The normalized spacial score (nSPS) is 13.9. The van der Waals surface area contributed by atoms with Gasteiger partial charge >= 0.3 is 0 Å². The number of piperidine rings is 1. The Labute approximate surface area is 210 Å². The van der Waals surface area contributed by atoms with Gasteiger partial charge < -0.3 is 24.2 Å². The third kappa shape index (κ3) is 5.84. The van der Waals surface area contributed by atoms with Crippen LogP contribution in [-0.2, 0) is 4.79 Å². The van der Waals surface area contributed by atoms with Crippen LogP contribution in [0.25, 0.3) is 11.4 Å². The average molecular weight is 493 g/mol. The Morgan fingerprint density at radius 1 is 1.03 bits per heavy atom. The van der Waals surface area contributed by atoms with Crippen LogP contribution in [0.15, 0.2) is 47.0 Å². The fraction of sp³-hybridized carbons (Fsp3) is 0.407. The van der Waals surface area contributed by atoms with Gasteiger partial charge in [-0.2, -0.15) is 4.98 Å². The van der Waals surface area contributed by atoms with E-state index in [0.717, 1.165) is 18.4 Å². The summed E-state index contributed by atoms with van der Waals surface area (Å²) in [5, 5.41) is 6.99. The number of likely N-dealkylation sites (tertiary alicyclic amines) is 1. The molecule has 9 heteroatoms. The van der Waals surface area contributed by atoms with E-state index in [1.807, 2.05) is 43.0 Å². The summed E-state index contributed by atoms with van der Waals surface area (Å²) < 4.78 is 16.9. The van der Waals surface area contributed by atoms with Crippen molar-refractivity contribution < 1.29 is 23.6 Å². The smallest absolute Gasteiger partial charge is 0.253 e. The van der Waals surface area contributed by atoms with Crippen molar-refractivity contribution in [1.82, 2.24) is 15.0 Å². The quantitative estimate of drug-likeness (QED) is 0.453. The van der Waals surface area contributed by atoms with Gasteiger partial charge in [-0.15, -0.1) is 0 Å². The molecule has 0 atom stereocenters. The maximum absolute atomic E-state index is 13.1. The lowest BCUT2D eigenvalue weighted by Crippen LogP contribution is -2.38. The lowest BCUT2D eigenvalue weighted by atomic mass is 9.96. The van der Waals surface area contributed by atoms with E-state index >= 15 is 0 Å². The van der Waals surface area contributed by atoms with E-state index in [-0.39, 0.29) is 17.7 Å². The van der Waals surface area contributed by atoms with Crippen LogP contribution in [-0.4, -0.2) is 53.2 Å². The summed E-state index contributed by atoms with van der Waals surface area (Å²) in [6.45, 7) is 7.83. The molecule has 4 rings (SSSR count). The molecule has 2 aromatic carbocycles. The van der Waals surface area contributed by atoms with Crippen LogP contribution in [0.2, 0.25) is 0 Å². The van der Waals surface area contributed by atoms with Gasteiger partial charge in [-0.1, -0.05) is 24.2 Å². The zero-order valence-electron chi connectivity index (χ0n) is 21.0. The highest BCUT2D eigenvalue weighted by Gasteiger charge is 2.28. The first-order chi connectivity index (χ1) is 17.5. The van der Waals surface area contributed by atoms with Gasteiger partial charge in [0.1, 0.15) is 0 Å². The minimum absolute atomic E-state index is 0.0328. The number of benzene rings is 2. The molecule has 0 aliphatic carbocycles. The molecule has 2 heterocycles. The summed E-state index contributed by atoms with van der Waals surface area (Å²) in [5.41, 5.74) is 2.04. The number of hydrogen-bond donors (Lipinski definition) is 1. The van der Waals surface area contributed by atoms with Crippen molar-refractivity contribution >= 4 is 17.5 Å². The van der Waals surface area contributed by atoms with Crippen molar-refractivity contribution in [2.75, 3.05) is 31.6 Å². The van der Waals surface area contributed by atoms with Crippen LogP contribution in [0.3, 0.4) is 0 Å². The number of hydrogen-bond acceptors (Lipinski definition) is 7. The first-order valence-corrected chi connectivity index (χ1v) is 12.4. The van der Waals surface area contributed by atoms with Crippen LogP contribution in [0.4, 0.5) is 5.69 Å². The third-order valence-electron chi connectivity index (χ3n) is 6.09. The first-order valence-electron chi connectivity index (χ1n) is 12.4. The Hall–Kier alpha value is -3.88. The molecule has 190 valence electrons. The molecule has 1 saturated heterocycles. The van der Waals surface area contributed by atoms with Gasteiger partial charge in [0.05, 0.1) is 13.2 Å². The molecule has 36 heavy (non-hydrogen) atoms. The van der Waals surface area contributed by atoms with Crippen molar-refractivity contribution in [3.8, 4) is 22.9 Å². The molecular weight excluding hydrogens is 460 g/mol. The summed E-state index contributed by atoms with van der Waals surface area (Å²) in [7, 11) is 0. The molecule has 0 radical (unpaired) electrons. The zero-order valence-corrected chi connectivity index (χ0v) is 21.0. The number of amides is 2. The second-order valence-corrected chi connectivity index (χ2v) is 8.53. The van der Waals surface area contributed by atoms with Crippen molar-refractivity contribution in [3.05, 3.63) is 53.9 Å². The van der Waals surface area contributed by atoms with Crippen molar-refractivity contribution in [2.45, 2.75) is 46.0 Å². The Bertz CT molecular complexity index is 1200. The molecule has 9 nitrogen and oxygen atoms in total. The fourth-order valence-electron chi connectivity index (χ4n) is 4.20. The Balaban J connectivity index is 1.39. The average Bonchev–Trinajstić information content (AvgIpc) is 3.40. The molecule has 1 aromatic heterocycles. The van der Waals surface area contributed by atoms with Crippen LogP contribution in [0.5, 0.6) is 11.5 Å². The second kappa shape index (κ2) is 11.7. The second-order valence-electron chi connectivity index (χ2n) is 8.53. The Morgan fingerprint density at radius 3 is 2.50 bits per heavy atom. The SMILES string of the molecule is CCOc1ccc(C(=O)N2CCC(c3nc(-c4cccc(NC(=O)CC)c4)no3)CC2)cc1OCC. The number of ether oxygens (including phenoxy) is 2. The largest absolute Gasteiger partial charge is 0.490 e. The van der Waals surface area contributed by atoms with Gasteiger partial charge in [0, 0.05) is 42.2 Å². The molecule has 3 aromatic rings. The predicted octanol–water partition coefficient (Wildman–Crippen LogP) is 4.90. The van der Waals surface area contributed by atoms with Crippen molar-refractivity contribution in [3.63, 3.8) is 0 Å². The number of carbonyl (C=O) groups is 2. The van der Waals surface area contributed by atoms with Gasteiger partial charge in [0.25, 0.3) is 5.91 Å². The number of aromatic nitrogens is 2.